The van der Waals surface area contributed by atoms with Gasteiger partial charge in [-0.05, 0) is 26.2 Å². The van der Waals surface area contributed by atoms with Gasteiger partial charge in [-0.1, -0.05) is 33.2 Å². The van der Waals surface area contributed by atoms with E-state index in [-0.39, 0.29) is 7.92 Å². The summed E-state index contributed by atoms with van der Waals surface area (Å²) in [5.74, 6) is 0. The summed E-state index contributed by atoms with van der Waals surface area (Å²) in [4.78, 5) is 0. The number of hydrogen-bond donors (Lipinski definition) is 0. The fourth-order valence-corrected chi connectivity index (χ4v) is 2.06. The maximum atomic E-state index is 2.37. The van der Waals surface area contributed by atoms with Crippen LogP contribution in [-0.2, 0) is 0 Å². The molecule has 0 saturated heterocycles. The Balaban J connectivity index is 3.81. The van der Waals surface area contributed by atoms with Crippen molar-refractivity contribution in [2.45, 2.75) is 26.7 Å². The van der Waals surface area contributed by atoms with E-state index in [1.807, 2.05) is 0 Å². The highest BCUT2D eigenvalue weighted by Gasteiger charge is 1.96. The van der Waals surface area contributed by atoms with Crippen LogP contribution in [0.1, 0.15) is 26.7 Å². The van der Waals surface area contributed by atoms with Crippen molar-refractivity contribution in [2.75, 3.05) is 13.3 Å². The van der Waals surface area contributed by atoms with Crippen LogP contribution in [-0.4, -0.2) is 13.3 Å². The molecule has 0 amide bonds. The molecule has 0 spiro atoms. The van der Waals surface area contributed by atoms with Crippen molar-refractivity contribution in [2.24, 2.45) is 0 Å². The SMILES string of the molecule is CCC=C(CC)P(C)C. The number of rotatable bonds is 3. The molecule has 0 nitrogen and oxygen atoms in total. The Kier molecular flexibility index (Phi) is 5.09. The van der Waals surface area contributed by atoms with Crippen LogP contribution in [0.25, 0.3) is 0 Å². The first-order valence-corrected chi connectivity index (χ1v) is 5.82. The van der Waals surface area contributed by atoms with Gasteiger partial charge in [-0.3, -0.25) is 0 Å². The fraction of sp³-hybridized carbons (Fsp3) is 0.750. The highest BCUT2D eigenvalue weighted by molar-refractivity contribution is 7.60. The van der Waals surface area contributed by atoms with Crippen LogP contribution in [0.15, 0.2) is 11.4 Å². The predicted octanol–water partition coefficient (Wildman–Crippen LogP) is 3.43. The molecule has 0 aliphatic heterocycles. The lowest BCUT2D eigenvalue weighted by atomic mass is 10.3. The molecule has 9 heavy (non-hydrogen) atoms. The molecule has 0 unspecified atom stereocenters. The Bertz CT molecular complexity index is 92.7. The van der Waals surface area contributed by atoms with E-state index in [4.69, 9.17) is 0 Å². The third-order valence-corrected chi connectivity index (χ3v) is 3.02. The van der Waals surface area contributed by atoms with Crippen LogP contribution in [0.4, 0.5) is 0 Å². The van der Waals surface area contributed by atoms with E-state index in [1.54, 1.807) is 5.31 Å². The average molecular weight is 144 g/mol. The topological polar surface area (TPSA) is 0 Å². The largest absolute Gasteiger partial charge is 0.0865 e. The van der Waals surface area contributed by atoms with E-state index in [0.29, 0.717) is 0 Å². The third kappa shape index (κ3) is 3.70. The van der Waals surface area contributed by atoms with E-state index in [0.717, 1.165) is 0 Å². The zero-order valence-electron chi connectivity index (χ0n) is 6.94. The minimum atomic E-state index is 0.191. The van der Waals surface area contributed by atoms with Crippen LogP contribution >= 0.6 is 7.92 Å². The Labute approximate surface area is 60.1 Å². The molecule has 0 aliphatic carbocycles. The minimum Gasteiger partial charge on any atom is -0.0865 e. The molecule has 0 heterocycles. The molecular weight excluding hydrogens is 127 g/mol. The Hall–Kier alpha value is 0.170. The van der Waals surface area contributed by atoms with Crippen molar-refractivity contribution >= 4 is 7.92 Å². The van der Waals surface area contributed by atoms with E-state index in [2.05, 4.69) is 33.3 Å². The first-order chi connectivity index (χ1) is 4.22. The van der Waals surface area contributed by atoms with E-state index in [1.165, 1.54) is 12.8 Å². The summed E-state index contributed by atoms with van der Waals surface area (Å²) in [5, 5.41) is 1.66. The quantitative estimate of drug-likeness (QED) is 0.532. The molecule has 0 bridgehead atoms. The highest BCUT2D eigenvalue weighted by Crippen LogP contribution is 2.38. The lowest BCUT2D eigenvalue weighted by molar-refractivity contribution is 1.13. The van der Waals surface area contributed by atoms with Gasteiger partial charge >= 0.3 is 0 Å². The second kappa shape index (κ2) is 4.99. The first-order valence-electron chi connectivity index (χ1n) is 3.58. The molecule has 0 saturated carbocycles. The smallest absolute Gasteiger partial charge is 0.0306 e. The van der Waals surface area contributed by atoms with Gasteiger partial charge in [0.05, 0.1) is 0 Å². The molecule has 0 aromatic carbocycles. The van der Waals surface area contributed by atoms with Gasteiger partial charge in [0, 0.05) is 0 Å². The maximum Gasteiger partial charge on any atom is -0.0306 e. The molecule has 0 aromatic rings. The molecular formula is C8H17P. The summed E-state index contributed by atoms with van der Waals surface area (Å²) in [5.41, 5.74) is 0. The van der Waals surface area contributed by atoms with Gasteiger partial charge in [0.15, 0.2) is 0 Å². The van der Waals surface area contributed by atoms with Crippen molar-refractivity contribution in [1.82, 2.24) is 0 Å². The molecule has 0 N–H and O–H groups in total. The summed E-state index contributed by atoms with van der Waals surface area (Å²) < 4.78 is 0. The van der Waals surface area contributed by atoms with Crippen molar-refractivity contribution in [3.63, 3.8) is 0 Å². The zero-order chi connectivity index (χ0) is 7.28. The molecule has 0 radical (unpaired) electrons. The summed E-state index contributed by atoms with van der Waals surface area (Å²) in [6, 6.07) is 0. The van der Waals surface area contributed by atoms with Crippen molar-refractivity contribution in [1.29, 1.82) is 0 Å². The number of allylic oxidation sites excluding steroid dienone is 2. The normalized spacial score (nSPS) is 12.8. The number of hydrogen-bond acceptors (Lipinski definition) is 0. The second-order valence-corrected chi connectivity index (χ2v) is 4.71. The molecule has 0 atom stereocenters. The van der Waals surface area contributed by atoms with Crippen molar-refractivity contribution in [3.05, 3.63) is 11.4 Å². The van der Waals surface area contributed by atoms with Crippen LogP contribution in [0.5, 0.6) is 0 Å². The van der Waals surface area contributed by atoms with Gasteiger partial charge in [-0.2, -0.15) is 0 Å². The summed E-state index contributed by atoms with van der Waals surface area (Å²) in [6.45, 7) is 9.08. The zero-order valence-corrected chi connectivity index (χ0v) is 7.83. The van der Waals surface area contributed by atoms with Crippen LogP contribution in [0.3, 0.4) is 0 Å². The van der Waals surface area contributed by atoms with Gasteiger partial charge in [0.1, 0.15) is 0 Å². The lowest BCUT2D eigenvalue weighted by Crippen LogP contribution is -1.75. The Morgan fingerprint density at radius 1 is 1.33 bits per heavy atom. The van der Waals surface area contributed by atoms with E-state index in [9.17, 15) is 0 Å². The standard InChI is InChI=1S/C8H17P/c1-5-7-8(6-2)9(3)4/h7H,5-6H2,1-4H3. The van der Waals surface area contributed by atoms with Gasteiger partial charge < -0.3 is 0 Å². The monoisotopic (exact) mass is 144 g/mol. The molecule has 0 aromatic heterocycles. The van der Waals surface area contributed by atoms with Crippen LogP contribution in [0, 0.1) is 0 Å². The fourth-order valence-electron chi connectivity index (χ4n) is 0.879. The molecule has 0 fully saturated rings. The highest BCUT2D eigenvalue weighted by atomic mass is 31.1. The van der Waals surface area contributed by atoms with Crippen molar-refractivity contribution < 1.29 is 0 Å². The minimum absolute atomic E-state index is 0.191. The maximum absolute atomic E-state index is 2.37. The van der Waals surface area contributed by atoms with Crippen molar-refractivity contribution in [3.8, 4) is 0 Å². The average Bonchev–Trinajstić information content (AvgIpc) is 1.82. The first kappa shape index (κ1) is 9.17. The molecule has 0 aliphatic rings. The van der Waals surface area contributed by atoms with Gasteiger partial charge in [0.2, 0.25) is 0 Å². The van der Waals surface area contributed by atoms with Gasteiger partial charge in [-0.25, -0.2) is 0 Å². The van der Waals surface area contributed by atoms with E-state index >= 15 is 0 Å². The molecule has 1 heteroatoms. The summed E-state index contributed by atoms with van der Waals surface area (Å²) >= 11 is 0. The second-order valence-electron chi connectivity index (χ2n) is 2.35. The summed E-state index contributed by atoms with van der Waals surface area (Å²) in [6.07, 6.45) is 4.81. The van der Waals surface area contributed by atoms with Crippen LogP contribution < -0.4 is 0 Å². The van der Waals surface area contributed by atoms with E-state index < -0.39 is 0 Å². The predicted molar refractivity (Wildman–Crippen MR) is 47.4 cm³/mol. The Morgan fingerprint density at radius 2 is 1.89 bits per heavy atom. The van der Waals surface area contributed by atoms with Crippen LogP contribution in [0.2, 0.25) is 0 Å². The third-order valence-electron chi connectivity index (χ3n) is 1.38. The van der Waals surface area contributed by atoms with Gasteiger partial charge in [0.25, 0.3) is 0 Å². The molecule has 0 rings (SSSR count). The molecule has 54 valence electrons. The summed E-state index contributed by atoms with van der Waals surface area (Å²) in [7, 11) is 0.191. The Morgan fingerprint density at radius 3 is 2.00 bits per heavy atom. The lowest BCUT2D eigenvalue weighted by Gasteiger charge is -2.07. The van der Waals surface area contributed by atoms with Gasteiger partial charge in [-0.15, -0.1) is 0 Å².